The summed E-state index contributed by atoms with van der Waals surface area (Å²) in [5, 5.41) is 17.5. The van der Waals surface area contributed by atoms with Crippen molar-refractivity contribution < 1.29 is 37.7 Å². The number of benzene rings is 1. The van der Waals surface area contributed by atoms with Gasteiger partial charge in [0.25, 0.3) is 0 Å². The highest BCUT2D eigenvalue weighted by atomic mass is 31.2. The van der Waals surface area contributed by atoms with Gasteiger partial charge >= 0.3 is 13.7 Å². The Morgan fingerprint density at radius 2 is 1.77 bits per heavy atom. The molecule has 1 aromatic rings. The van der Waals surface area contributed by atoms with Crippen molar-refractivity contribution in [1.82, 2.24) is 10.6 Å². The predicted octanol–water partition coefficient (Wildman–Crippen LogP) is 6.06. The Kier molecular flexibility index (Phi) is 16.1. The number of alkyl carbamates (subject to hydrolysis) is 1. The lowest BCUT2D eigenvalue weighted by molar-refractivity contribution is -0.0907. The third-order valence-electron chi connectivity index (χ3n) is 8.37. The standard InChI is InChI=1S/C33H57N2O8P/c1-5-7-18-41-44(38,42-19-8-6-2)21-13-12-17-33(3,4)25-34-23-29(36)28(22-26-14-10-9-11-15-26)35-32(37)43-30-24-40-31-27(30)16-20-39-31/h9-11,14-15,27-31,34,36H,5-8,12-13,16-25H2,1-4H3,(H,35,37). The summed E-state index contributed by atoms with van der Waals surface area (Å²) in [7, 11) is -3.07. The van der Waals surface area contributed by atoms with E-state index in [9.17, 15) is 14.5 Å². The first-order valence-electron chi connectivity index (χ1n) is 16.7. The summed E-state index contributed by atoms with van der Waals surface area (Å²) in [4.78, 5) is 12.9. The monoisotopic (exact) mass is 640 g/mol. The smallest absolute Gasteiger partial charge is 0.407 e. The molecule has 2 aliphatic rings. The molecule has 44 heavy (non-hydrogen) atoms. The Balaban J connectivity index is 1.44. The largest absolute Gasteiger partial charge is 0.443 e. The average molecular weight is 641 g/mol. The van der Waals surface area contributed by atoms with Crippen LogP contribution in [0.5, 0.6) is 0 Å². The first-order chi connectivity index (χ1) is 21.1. The van der Waals surface area contributed by atoms with Crippen LogP contribution >= 0.6 is 7.60 Å². The molecule has 0 aromatic heterocycles. The lowest BCUT2D eigenvalue weighted by atomic mass is 9.87. The van der Waals surface area contributed by atoms with Crippen molar-refractivity contribution in [3.8, 4) is 0 Å². The lowest BCUT2D eigenvalue weighted by Crippen LogP contribution is -2.50. The molecule has 2 aliphatic heterocycles. The van der Waals surface area contributed by atoms with Crippen molar-refractivity contribution >= 4 is 13.7 Å². The van der Waals surface area contributed by atoms with E-state index < -0.39 is 25.8 Å². The minimum absolute atomic E-state index is 0.0422. The summed E-state index contributed by atoms with van der Waals surface area (Å²) in [5.41, 5.74) is 0.972. The highest BCUT2D eigenvalue weighted by molar-refractivity contribution is 7.53. The second-order valence-corrected chi connectivity index (χ2v) is 15.1. The molecule has 0 bridgehead atoms. The third-order valence-corrected chi connectivity index (χ3v) is 10.4. The van der Waals surface area contributed by atoms with Crippen LogP contribution in [0.15, 0.2) is 30.3 Å². The fourth-order valence-electron chi connectivity index (χ4n) is 5.58. The molecular formula is C33H57N2O8P. The molecule has 5 unspecified atom stereocenters. The van der Waals surface area contributed by atoms with Gasteiger partial charge in [0, 0.05) is 13.1 Å². The summed E-state index contributed by atoms with van der Waals surface area (Å²) in [6, 6.07) is 9.27. The highest BCUT2D eigenvalue weighted by Gasteiger charge is 2.44. The lowest BCUT2D eigenvalue weighted by Gasteiger charge is -2.29. The number of amides is 1. The number of hydrogen-bond donors (Lipinski definition) is 3. The van der Waals surface area contributed by atoms with Gasteiger partial charge in [0.2, 0.25) is 0 Å². The first-order valence-corrected chi connectivity index (χ1v) is 18.4. The zero-order valence-corrected chi connectivity index (χ0v) is 28.2. The van der Waals surface area contributed by atoms with Gasteiger partial charge in [-0.25, -0.2) is 4.79 Å². The SMILES string of the molecule is CCCCOP(=O)(CCCCC(C)(C)CNCC(O)C(Cc1ccccc1)NC(=O)OC1COC2OCCC12)OCCCC. The topological polar surface area (TPSA) is 125 Å². The number of fused-ring (bicyclic) bond motifs is 1. The maximum absolute atomic E-state index is 13.2. The minimum atomic E-state index is -3.07. The van der Waals surface area contributed by atoms with Crippen LogP contribution in [0.4, 0.5) is 4.79 Å². The number of carbonyl (C=O) groups excluding carboxylic acids is 1. The number of ether oxygens (including phenoxy) is 3. The Hall–Kier alpha value is -1.52. The van der Waals surface area contributed by atoms with E-state index in [0.29, 0.717) is 52.1 Å². The van der Waals surface area contributed by atoms with Crippen LogP contribution in [-0.4, -0.2) is 81.4 Å². The Bertz CT molecular complexity index is 983. The van der Waals surface area contributed by atoms with Crippen LogP contribution in [0.1, 0.15) is 84.6 Å². The van der Waals surface area contributed by atoms with Gasteiger partial charge in [-0.05, 0) is 49.5 Å². The Morgan fingerprint density at radius 1 is 1.07 bits per heavy atom. The Morgan fingerprint density at radius 3 is 2.45 bits per heavy atom. The van der Waals surface area contributed by atoms with E-state index in [1.165, 1.54) is 0 Å². The second kappa shape index (κ2) is 19.2. The van der Waals surface area contributed by atoms with E-state index in [-0.39, 0.29) is 23.7 Å². The van der Waals surface area contributed by atoms with E-state index in [1.807, 2.05) is 30.3 Å². The van der Waals surface area contributed by atoms with Crippen LogP contribution in [0.2, 0.25) is 0 Å². The maximum Gasteiger partial charge on any atom is 0.407 e. The van der Waals surface area contributed by atoms with E-state index >= 15 is 0 Å². The average Bonchev–Trinajstić information content (AvgIpc) is 3.61. The van der Waals surface area contributed by atoms with Crippen molar-refractivity contribution in [3.05, 3.63) is 35.9 Å². The molecule has 2 saturated heterocycles. The molecule has 252 valence electrons. The second-order valence-electron chi connectivity index (χ2n) is 12.9. The quantitative estimate of drug-likeness (QED) is 0.103. The molecule has 5 atom stereocenters. The number of nitrogens with one attached hydrogen (secondary N) is 2. The summed E-state index contributed by atoms with van der Waals surface area (Å²) in [6.45, 7) is 11.4. The van der Waals surface area contributed by atoms with Gasteiger partial charge in [-0.1, -0.05) is 77.3 Å². The highest BCUT2D eigenvalue weighted by Crippen LogP contribution is 2.49. The fourth-order valence-corrected chi connectivity index (χ4v) is 7.34. The molecule has 0 radical (unpaired) electrons. The number of aliphatic hydroxyl groups excluding tert-OH is 1. The zero-order valence-electron chi connectivity index (χ0n) is 27.3. The number of rotatable bonds is 22. The number of carbonyl (C=O) groups is 1. The molecule has 11 heteroatoms. The van der Waals surface area contributed by atoms with Crippen LogP contribution in [0.25, 0.3) is 0 Å². The van der Waals surface area contributed by atoms with Crippen LogP contribution in [0.3, 0.4) is 0 Å². The van der Waals surface area contributed by atoms with Crippen LogP contribution in [0, 0.1) is 11.3 Å². The van der Waals surface area contributed by atoms with Gasteiger partial charge in [-0.3, -0.25) is 4.57 Å². The van der Waals surface area contributed by atoms with Crippen molar-refractivity contribution in [2.45, 2.75) is 110 Å². The molecule has 0 saturated carbocycles. The summed E-state index contributed by atoms with van der Waals surface area (Å²) in [6.07, 6.45) is 6.01. The summed E-state index contributed by atoms with van der Waals surface area (Å²) < 4.78 is 41.5. The maximum atomic E-state index is 13.2. The van der Waals surface area contributed by atoms with Gasteiger partial charge in [0.05, 0.1) is 50.7 Å². The normalized spacial score (nSPS) is 21.6. The minimum Gasteiger partial charge on any atom is -0.443 e. The van der Waals surface area contributed by atoms with E-state index in [0.717, 1.165) is 56.9 Å². The summed E-state index contributed by atoms with van der Waals surface area (Å²) >= 11 is 0. The Labute approximate surface area is 264 Å². The van der Waals surface area contributed by atoms with Crippen molar-refractivity contribution in [2.24, 2.45) is 11.3 Å². The van der Waals surface area contributed by atoms with Crippen molar-refractivity contribution in [2.75, 3.05) is 45.7 Å². The first kappa shape index (κ1) is 36.9. The molecule has 3 N–H and O–H groups in total. The predicted molar refractivity (Wildman–Crippen MR) is 172 cm³/mol. The molecule has 2 heterocycles. The molecule has 1 aromatic carbocycles. The third kappa shape index (κ3) is 13.1. The molecule has 0 spiro atoms. The van der Waals surface area contributed by atoms with Gasteiger partial charge in [0.1, 0.15) is 6.10 Å². The molecule has 10 nitrogen and oxygen atoms in total. The van der Waals surface area contributed by atoms with Gasteiger partial charge in [-0.15, -0.1) is 0 Å². The molecule has 3 rings (SSSR count). The van der Waals surface area contributed by atoms with Gasteiger partial charge < -0.3 is 39.0 Å². The molecular weight excluding hydrogens is 583 g/mol. The number of aliphatic hydroxyl groups is 1. The fraction of sp³-hybridized carbons (Fsp3) is 0.788. The number of hydrogen-bond acceptors (Lipinski definition) is 9. The molecule has 2 fully saturated rings. The van der Waals surface area contributed by atoms with Crippen molar-refractivity contribution in [3.63, 3.8) is 0 Å². The van der Waals surface area contributed by atoms with Gasteiger partial charge in [-0.2, -0.15) is 0 Å². The summed E-state index contributed by atoms with van der Waals surface area (Å²) in [5.74, 6) is 0.0521. The van der Waals surface area contributed by atoms with Crippen molar-refractivity contribution in [1.29, 1.82) is 0 Å². The zero-order chi connectivity index (χ0) is 31.8. The van der Waals surface area contributed by atoms with E-state index in [1.54, 1.807) is 0 Å². The van der Waals surface area contributed by atoms with Gasteiger partial charge in [0.15, 0.2) is 6.29 Å². The molecule has 0 aliphatic carbocycles. The van der Waals surface area contributed by atoms with E-state index in [4.69, 9.17) is 23.3 Å². The van der Waals surface area contributed by atoms with Crippen LogP contribution in [-0.2, 0) is 34.2 Å². The van der Waals surface area contributed by atoms with Crippen LogP contribution < -0.4 is 10.6 Å². The van der Waals surface area contributed by atoms with E-state index in [2.05, 4.69) is 38.3 Å². The number of unbranched alkanes of at least 4 members (excludes halogenated alkanes) is 3. The molecule has 1 amide bonds.